The second kappa shape index (κ2) is 9.36. The van der Waals surface area contributed by atoms with Gasteiger partial charge in [0.1, 0.15) is 16.6 Å². The molecule has 30 heavy (non-hydrogen) atoms. The molecule has 2 aromatic carbocycles. The number of nitrogens with zero attached hydrogens (tertiary/aromatic N) is 3. The molecular formula is C23H24FN3O2S. The lowest BCUT2D eigenvalue weighted by molar-refractivity contribution is 0.0623. The van der Waals surface area contributed by atoms with E-state index in [1.807, 2.05) is 36.1 Å². The van der Waals surface area contributed by atoms with Crippen LogP contribution >= 0.6 is 11.3 Å². The molecule has 0 bridgehead atoms. The number of ether oxygens (including phenoxy) is 1. The second-order valence-electron chi connectivity index (χ2n) is 7.15. The second-order valence-corrected chi connectivity index (χ2v) is 8.01. The van der Waals surface area contributed by atoms with Crippen molar-refractivity contribution in [2.24, 2.45) is 0 Å². The molecule has 1 saturated heterocycles. The Balaban J connectivity index is 1.34. The molecule has 0 N–H and O–H groups in total. The average Bonchev–Trinajstić information content (AvgIpc) is 3.23. The number of carbonyl (C=O) groups excluding carboxylic acids is 1. The SMILES string of the molecule is CCOc1ccccc1C(=O)N1CCN(Cc2csc(-c3ccc(F)cc3)n2)CC1. The number of amides is 1. The maximum absolute atomic E-state index is 13.1. The predicted molar refractivity (Wildman–Crippen MR) is 116 cm³/mol. The van der Waals surface area contributed by atoms with Crippen LogP contribution in [0.15, 0.2) is 53.9 Å². The monoisotopic (exact) mass is 425 g/mol. The number of para-hydroxylation sites is 1. The Morgan fingerprint density at radius 3 is 2.57 bits per heavy atom. The number of benzene rings is 2. The molecule has 0 radical (unpaired) electrons. The van der Waals surface area contributed by atoms with Crippen molar-refractivity contribution in [1.82, 2.24) is 14.8 Å². The minimum absolute atomic E-state index is 0.0194. The number of hydrogen-bond donors (Lipinski definition) is 0. The van der Waals surface area contributed by atoms with E-state index >= 15 is 0 Å². The van der Waals surface area contributed by atoms with Crippen molar-refractivity contribution in [3.8, 4) is 16.3 Å². The lowest BCUT2D eigenvalue weighted by atomic mass is 10.1. The van der Waals surface area contributed by atoms with Crippen LogP contribution < -0.4 is 4.74 Å². The molecule has 1 aliphatic rings. The van der Waals surface area contributed by atoms with Gasteiger partial charge < -0.3 is 9.64 Å². The highest BCUT2D eigenvalue weighted by molar-refractivity contribution is 7.13. The first kappa shape index (κ1) is 20.5. The first-order chi connectivity index (χ1) is 14.6. The van der Waals surface area contributed by atoms with E-state index in [0.29, 0.717) is 31.0 Å². The molecule has 1 fully saturated rings. The van der Waals surface area contributed by atoms with Crippen molar-refractivity contribution in [3.05, 3.63) is 71.0 Å². The Kier molecular flexibility index (Phi) is 6.40. The normalized spacial score (nSPS) is 14.7. The third-order valence-electron chi connectivity index (χ3n) is 5.11. The lowest BCUT2D eigenvalue weighted by Crippen LogP contribution is -2.48. The Labute approximate surface area is 179 Å². The van der Waals surface area contributed by atoms with Crippen molar-refractivity contribution in [1.29, 1.82) is 0 Å². The van der Waals surface area contributed by atoms with Gasteiger partial charge in [0, 0.05) is 43.7 Å². The number of hydrogen-bond acceptors (Lipinski definition) is 5. The quantitative estimate of drug-likeness (QED) is 0.591. The summed E-state index contributed by atoms with van der Waals surface area (Å²) >= 11 is 1.57. The van der Waals surface area contributed by atoms with Crippen molar-refractivity contribution in [3.63, 3.8) is 0 Å². The van der Waals surface area contributed by atoms with Gasteiger partial charge in [-0.05, 0) is 43.3 Å². The van der Waals surface area contributed by atoms with Gasteiger partial charge in [0.25, 0.3) is 5.91 Å². The first-order valence-corrected chi connectivity index (χ1v) is 11.0. The fourth-order valence-electron chi connectivity index (χ4n) is 3.54. The number of piperazine rings is 1. The van der Waals surface area contributed by atoms with Gasteiger partial charge in [0.05, 0.1) is 17.9 Å². The molecule has 5 nitrogen and oxygen atoms in total. The molecule has 4 rings (SSSR count). The molecular weight excluding hydrogens is 401 g/mol. The number of rotatable bonds is 6. The van der Waals surface area contributed by atoms with E-state index in [9.17, 15) is 9.18 Å². The summed E-state index contributed by atoms with van der Waals surface area (Å²) in [7, 11) is 0. The molecule has 7 heteroatoms. The molecule has 3 aromatic rings. The van der Waals surface area contributed by atoms with Gasteiger partial charge >= 0.3 is 0 Å². The molecule has 2 heterocycles. The summed E-state index contributed by atoms with van der Waals surface area (Å²) in [4.78, 5) is 21.8. The Morgan fingerprint density at radius 1 is 1.10 bits per heavy atom. The number of aromatic nitrogens is 1. The van der Waals surface area contributed by atoms with Crippen LogP contribution in [0.5, 0.6) is 5.75 Å². The van der Waals surface area contributed by atoms with Crippen LogP contribution in [0.3, 0.4) is 0 Å². The fraction of sp³-hybridized carbons (Fsp3) is 0.304. The Morgan fingerprint density at radius 2 is 1.83 bits per heavy atom. The van der Waals surface area contributed by atoms with Gasteiger partial charge in [-0.1, -0.05) is 12.1 Å². The zero-order chi connectivity index (χ0) is 20.9. The minimum Gasteiger partial charge on any atom is -0.493 e. The third-order valence-corrected chi connectivity index (χ3v) is 6.05. The van der Waals surface area contributed by atoms with E-state index in [1.165, 1.54) is 12.1 Å². The molecule has 0 unspecified atom stereocenters. The number of halogens is 1. The van der Waals surface area contributed by atoms with Crippen LogP contribution in [-0.2, 0) is 6.54 Å². The maximum Gasteiger partial charge on any atom is 0.257 e. The van der Waals surface area contributed by atoms with Crippen molar-refractivity contribution < 1.29 is 13.9 Å². The summed E-state index contributed by atoms with van der Waals surface area (Å²) in [6.45, 7) is 6.14. The van der Waals surface area contributed by atoms with Gasteiger partial charge in [-0.3, -0.25) is 9.69 Å². The van der Waals surface area contributed by atoms with Crippen molar-refractivity contribution in [2.45, 2.75) is 13.5 Å². The van der Waals surface area contributed by atoms with Gasteiger partial charge in [-0.2, -0.15) is 0 Å². The third kappa shape index (κ3) is 4.68. The molecule has 156 valence electrons. The van der Waals surface area contributed by atoms with E-state index in [-0.39, 0.29) is 11.7 Å². The molecule has 0 atom stereocenters. The summed E-state index contributed by atoms with van der Waals surface area (Å²) in [5, 5.41) is 2.94. The lowest BCUT2D eigenvalue weighted by Gasteiger charge is -2.34. The largest absolute Gasteiger partial charge is 0.493 e. The van der Waals surface area contributed by atoms with E-state index in [0.717, 1.165) is 35.9 Å². The van der Waals surface area contributed by atoms with E-state index < -0.39 is 0 Å². The van der Waals surface area contributed by atoms with E-state index in [4.69, 9.17) is 9.72 Å². The fourth-order valence-corrected chi connectivity index (χ4v) is 4.35. The topological polar surface area (TPSA) is 45.7 Å². The Bertz CT molecular complexity index is 998. The molecule has 0 spiro atoms. The molecule has 0 saturated carbocycles. The van der Waals surface area contributed by atoms with E-state index in [1.54, 1.807) is 23.5 Å². The molecule has 1 aliphatic heterocycles. The van der Waals surface area contributed by atoms with Crippen molar-refractivity contribution >= 4 is 17.2 Å². The van der Waals surface area contributed by atoms with Crippen LogP contribution in [-0.4, -0.2) is 53.5 Å². The molecule has 1 amide bonds. The number of carbonyl (C=O) groups is 1. The molecule has 1 aromatic heterocycles. The van der Waals surface area contributed by atoms with Crippen LogP contribution in [0.4, 0.5) is 4.39 Å². The van der Waals surface area contributed by atoms with E-state index in [2.05, 4.69) is 10.3 Å². The highest BCUT2D eigenvalue weighted by atomic mass is 32.1. The zero-order valence-electron chi connectivity index (χ0n) is 16.9. The summed E-state index contributed by atoms with van der Waals surface area (Å²) in [6.07, 6.45) is 0. The predicted octanol–water partition coefficient (Wildman–Crippen LogP) is 4.31. The van der Waals surface area contributed by atoms with Gasteiger partial charge in [-0.15, -0.1) is 11.3 Å². The smallest absolute Gasteiger partial charge is 0.257 e. The summed E-state index contributed by atoms with van der Waals surface area (Å²) in [5.41, 5.74) is 2.55. The Hall–Kier alpha value is -2.77. The average molecular weight is 426 g/mol. The van der Waals surface area contributed by atoms with Gasteiger partial charge in [0.2, 0.25) is 0 Å². The van der Waals surface area contributed by atoms with Gasteiger partial charge in [-0.25, -0.2) is 9.37 Å². The van der Waals surface area contributed by atoms with Crippen LogP contribution in [0.25, 0.3) is 10.6 Å². The minimum atomic E-state index is -0.244. The summed E-state index contributed by atoms with van der Waals surface area (Å²) in [6, 6.07) is 13.8. The highest BCUT2D eigenvalue weighted by Crippen LogP contribution is 2.25. The highest BCUT2D eigenvalue weighted by Gasteiger charge is 2.24. The number of thiazole rings is 1. The maximum atomic E-state index is 13.1. The standard InChI is InChI=1S/C23H24FN3O2S/c1-2-29-21-6-4-3-5-20(21)23(28)27-13-11-26(12-14-27)15-19-16-30-22(25-19)17-7-9-18(24)10-8-17/h3-10,16H,2,11-15H2,1H3. The first-order valence-electron chi connectivity index (χ1n) is 10.1. The summed E-state index contributed by atoms with van der Waals surface area (Å²) < 4.78 is 18.7. The van der Waals surface area contributed by atoms with Crippen LogP contribution in [0.2, 0.25) is 0 Å². The van der Waals surface area contributed by atoms with Gasteiger partial charge in [0.15, 0.2) is 0 Å². The van der Waals surface area contributed by atoms with Crippen LogP contribution in [0, 0.1) is 5.82 Å². The summed E-state index contributed by atoms with van der Waals surface area (Å²) in [5.74, 6) is 0.418. The van der Waals surface area contributed by atoms with Crippen LogP contribution in [0.1, 0.15) is 23.0 Å². The van der Waals surface area contributed by atoms with Crippen molar-refractivity contribution in [2.75, 3.05) is 32.8 Å². The zero-order valence-corrected chi connectivity index (χ0v) is 17.7. The molecule has 0 aliphatic carbocycles.